The van der Waals surface area contributed by atoms with E-state index in [1.807, 2.05) is 30.3 Å². The van der Waals surface area contributed by atoms with E-state index in [9.17, 15) is 14.4 Å². The van der Waals surface area contributed by atoms with Crippen LogP contribution in [0.15, 0.2) is 39.5 Å². The molecule has 0 radical (unpaired) electrons. The molecular weight excluding hydrogens is 382 g/mol. The van der Waals surface area contributed by atoms with Crippen LogP contribution in [0.3, 0.4) is 0 Å². The van der Waals surface area contributed by atoms with Gasteiger partial charge in [-0.3, -0.25) is 4.79 Å². The molecule has 2 N–H and O–H groups in total. The molecule has 0 saturated heterocycles. The summed E-state index contributed by atoms with van der Waals surface area (Å²) in [6, 6.07) is 8.59. The van der Waals surface area contributed by atoms with E-state index in [0.717, 1.165) is 5.56 Å². The average molecular weight is 401 g/mol. The second-order valence-electron chi connectivity index (χ2n) is 6.18. The van der Waals surface area contributed by atoms with Crippen LogP contribution >= 0.6 is 11.3 Å². The average Bonchev–Trinajstić information content (AvgIpc) is 2.96. The summed E-state index contributed by atoms with van der Waals surface area (Å²) < 4.78 is 10.4. The van der Waals surface area contributed by atoms with Crippen LogP contribution in [0.2, 0.25) is 0 Å². The minimum atomic E-state index is -0.674. The number of hydrogen-bond acceptors (Lipinski definition) is 7. The number of anilines is 1. The van der Waals surface area contributed by atoms with E-state index in [-0.39, 0.29) is 18.4 Å². The maximum Gasteiger partial charge on any atom is 0.408 e. The molecule has 1 aromatic carbocycles. The highest BCUT2D eigenvalue weighted by Gasteiger charge is 2.20. The van der Waals surface area contributed by atoms with Gasteiger partial charge in [0.05, 0.1) is 0 Å². The van der Waals surface area contributed by atoms with Crippen molar-refractivity contribution in [3.63, 3.8) is 0 Å². The van der Waals surface area contributed by atoms with Crippen molar-refractivity contribution in [2.75, 3.05) is 5.32 Å². The molecule has 0 saturated carbocycles. The quantitative estimate of drug-likeness (QED) is 0.677. The SMILES string of the molecule is CC(=O)Nc1sc2nc([C@H](C)NC(=O)OCc3ccccc3)oc(=O)c2c1C. The molecule has 1 atom stereocenters. The van der Waals surface area contributed by atoms with Crippen LogP contribution in [0.1, 0.15) is 36.9 Å². The van der Waals surface area contributed by atoms with E-state index >= 15 is 0 Å². The van der Waals surface area contributed by atoms with Crippen molar-refractivity contribution in [1.29, 1.82) is 0 Å². The van der Waals surface area contributed by atoms with Crippen molar-refractivity contribution < 1.29 is 18.7 Å². The Morgan fingerprint density at radius 2 is 2.00 bits per heavy atom. The van der Waals surface area contributed by atoms with Crippen LogP contribution in [-0.2, 0) is 16.1 Å². The van der Waals surface area contributed by atoms with Crippen molar-refractivity contribution in [3.05, 3.63) is 57.8 Å². The number of aromatic nitrogens is 1. The van der Waals surface area contributed by atoms with Crippen molar-refractivity contribution in [1.82, 2.24) is 10.3 Å². The highest BCUT2D eigenvalue weighted by molar-refractivity contribution is 7.22. The molecule has 2 heterocycles. The molecule has 0 aliphatic carbocycles. The van der Waals surface area contributed by atoms with Gasteiger partial charge in [-0.1, -0.05) is 41.7 Å². The van der Waals surface area contributed by atoms with Gasteiger partial charge in [-0.2, -0.15) is 0 Å². The molecule has 0 fully saturated rings. The molecule has 3 rings (SSSR count). The molecule has 0 spiro atoms. The lowest BCUT2D eigenvalue weighted by atomic mass is 10.2. The largest absolute Gasteiger partial charge is 0.445 e. The van der Waals surface area contributed by atoms with Crippen LogP contribution in [0.4, 0.5) is 9.80 Å². The van der Waals surface area contributed by atoms with Gasteiger partial charge < -0.3 is 19.8 Å². The van der Waals surface area contributed by atoms with Gasteiger partial charge in [-0.25, -0.2) is 14.6 Å². The lowest BCUT2D eigenvalue weighted by Gasteiger charge is -2.12. The molecule has 2 amide bonds. The van der Waals surface area contributed by atoms with Gasteiger partial charge in [0.2, 0.25) is 11.8 Å². The molecule has 0 aliphatic rings. The van der Waals surface area contributed by atoms with Crippen molar-refractivity contribution in [3.8, 4) is 0 Å². The van der Waals surface area contributed by atoms with Gasteiger partial charge in [0, 0.05) is 12.5 Å². The zero-order valence-electron chi connectivity index (χ0n) is 15.6. The number of hydrogen-bond donors (Lipinski definition) is 2. The first-order valence-electron chi connectivity index (χ1n) is 8.54. The number of ether oxygens (including phenoxy) is 1. The van der Waals surface area contributed by atoms with Crippen LogP contribution in [0.25, 0.3) is 10.2 Å². The molecule has 0 aliphatic heterocycles. The smallest absolute Gasteiger partial charge is 0.408 e. The molecule has 146 valence electrons. The van der Waals surface area contributed by atoms with Gasteiger partial charge in [0.25, 0.3) is 0 Å². The molecule has 8 nitrogen and oxygen atoms in total. The Labute approximate surface area is 164 Å². The molecule has 3 aromatic rings. The summed E-state index contributed by atoms with van der Waals surface area (Å²) in [5.74, 6) is -0.180. The van der Waals surface area contributed by atoms with Crippen molar-refractivity contribution in [2.24, 2.45) is 0 Å². The highest BCUT2D eigenvalue weighted by Crippen LogP contribution is 2.32. The maximum atomic E-state index is 12.4. The van der Waals surface area contributed by atoms with Crippen LogP contribution in [0, 0.1) is 6.92 Å². The Morgan fingerprint density at radius 1 is 1.29 bits per heavy atom. The summed E-state index contributed by atoms with van der Waals surface area (Å²) in [5.41, 5.74) is 0.887. The fourth-order valence-corrected chi connectivity index (χ4v) is 3.67. The molecule has 0 unspecified atom stereocenters. The Bertz CT molecular complexity index is 1070. The van der Waals surface area contributed by atoms with E-state index in [1.165, 1.54) is 18.3 Å². The first kappa shape index (κ1) is 19.6. The van der Waals surface area contributed by atoms with Gasteiger partial charge in [0.15, 0.2) is 0 Å². The number of thiophene rings is 1. The summed E-state index contributed by atoms with van der Waals surface area (Å²) in [6.45, 7) is 4.86. The fraction of sp³-hybridized carbons (Fsp3) is 0.263. The van der Waals surface area contributed by atoms with E-state index in [2.05, 4.69) is 15.6 Å². The van der Waals surface area contributed by atoms with E-state index < -0.39 is 17.8 Å². The monoisotopic (exact) mass is 401 g/mol. The standard InChI is InChI=1S/C19H19N3O5S/c1-10-14-17(28-16(10)21-12(3)23)22-15(27-18(14)24)11(2)20-19(25)26-9-13-7-5-4-6-8-13/h4-8,11H,9H2,1-3H3,(H,20,25)(H,21,23)/t11-/m0/s1. The first-order chi connectivity index (χ1) is 13.3. The summed E-state index contributed by atoms with van der Waals surface area (Å²) in [6.07, 6.45) is -0.651. The molecule has 2 aromatic heterocycles. The van der Waals surface area contributed by atoms with Crippen LogP contribution in [0.5, 0.6) is 0 Å². The number of benzene rings is 1. The Morgan fingerprint density at radius 3 is 2.68 bits per heavy atom. The Hall–Kier alpha value is -3.20. The number of carbonyl (C=O) groups is 2. The number of carbonyl (C=O) groups excluding carboxylic acids is 2. The van der Waals surface area contributed by atoms with Gasteiger partial charge >= 0.3 is 11.7 Å². The Balaban J connectivity index is 1.74. The number of nitrogens with one attached hydrogen (secondary N) is 2. The summed E-state index contributed by atoms with van der Waals surface area (Å²) >= 11 is 1.18. The zero-order valence-corrected chi connectivity index (χ0v) is 16.4. The lowest BCUT2D eigenvalue weighted by molar-refractivity contribution is -0.114. The third-order valence-electron chi connectivity index (χ3n) is 3.95. The third kappa shape index (κ3) is 4.37. The highest BCUT2D eigenvalue weighted by atomic mass is 32.1. The minimum Gasteiger partial charge on any atom is -0.445 e. The summed E-state index contributed by atoms with van der Waals surface area (Å²) in [4.78, 5) is 40.4. The molecule has 0 bridgehead atoms. The predicted octanol–water partition coefficient (Wildman–Crippen LogP) is 3.50. The maximum absolute atomic E-state index is 12.4. The number of fused-ring (bicyclic) bond motifs is 1. The molecule has 9 heteroatoms. The van der Waals surface area contributed by atoms with E-state index in [0.29, 0.717) is 20.8 Å². The number of aryl methyl sites for hydroxylation is 1. The first-order valence-corrected chi connectivity index (χ1v) is 9.35. The third-order valence-corrected chi connectivity index (χ3v) is 5.05. The topological polar surface area (TPSA) is 111 Å². The van der Waals surface area contributed by atoms with E-state index in [1.54, 1.807) is 13.8 Å². The second kappa shape index (κ2) is 8.22. The number of nitrogens with zero attached hydrogens (tertiary/aromatic N) is 1. The van der Waals surface area contributed by atoms with Crippen molar-refractivity contribution >= 4 is 38.6 Å². The molecule has 28 heavy (non-hydrogen) atoms. The Kier molecular flexibility index (Phi) is 5.74. The predicted molar refractivity (Wildman–Crippen MR) is 105 cm³/mol. The fourth-order valence-electron chi connectivity index (χ4n) is 2.55. The summed E-state index contributed by atoms with van der Waals surface area (Å²) in [5, 5.41) is 6.12. The lowest BCUT2D eigenvalue weighted by Crippen LogP contribution is -2.28. The van der Waals surface area contributed by atoms with E-state index in [4.69, 9.17) is 9.15 Å². The normalized spacial score (nSPS) is 11.8. The van der Waals surface area contributed by atoms with Crippen LogP contribution < -0.4 is 16.3 Å². The number of alkyl carbamates (subject to hydrolysis) is 1. The minimum absolute atomic E-state index is 0.0600. The van der Waals surface area contributed by atoms with Crippen molar-refractivity contribution in [2.45, 2.75) is 33.4 Å². The number of amides is 2. The molecular formula is C19H19N3O5S. The van der Waals surface area contributed by atoms with Gasteiger partial charge in [-0.05, 0) is 19.4 Å². The van der Waals surface area contributed by atoms with Crippen LogP contribution in [-0.4, -0.2) is 17.0 Å². The second-order valence-corrected chi connectivity index (χ2v) is 7.18. The van der Waals surface area contributed by atoms with Gasteiger partial charge in [0.1, 0.15) is 27.9 Å². The number of rotatable bonds is 5. The summed E-state index contributed by atoms with van der Waals surface area (Å²) in [7, 11) is 0. The van der Waals surface area contributed by atoms with Gasteiger partial charge in [-0.15, -0.1) is 0 Å². The zero-order chi connectivity index (χ0) is 20.3.